The van der Waals surface area contributed by atoms with Crippen molar-refractivity contribution in [3.05, 3.63) is 63.3 Å². The Hall–Kier alpha value is -1.03. The molecule has 1 nitrogen and oxygen atoms in total. The predicted molar refractivity (Wildman–Crippen MR) is 80.2 cm³/mol. The van der Waals surface area contributed by atoms with Gasteiger partial charge in [-0.25, -0.2) is 8.78 Å². The highest BCUT2D eigenvalue weighted by Crippen LogP contribution is 2.36. The SMILES string of the molecule is C=C1C(Cl)=CC=C(c2ccc(Cl)cc2Cl)N1CC(F)F. The molecule has 106 valence electrons. The molecule has 0 radical (unpaired) electrons. The average molecular weight is 337 g/mol. The Labute approximate surface area is 130 Å². The Morgan fingerprint density at radius 1 is 1.15 bits per heavy atom. The molecule has 0 bridgehead atoms. The van der Waals surface area contributed by atoms with E-state index in [1.807, 2.05) is 0 Å². The molecule has 0 atom stereocenters. The molecule has 1 heterocycles. The summed E-state index contributed by atoms with van der Waals surface area (Å²) in [4.78, 5) is 1.35. The molecule has 2 rings (SSSR count). The molecule has 0 amide bonds. The third-order valence-electron chi connectivity index (χ3n) is 2.81. The minimum atomic E-state index is -2.52. The van der Waals surface area contributed by atoms with Gasteiger partial charge in [-0.3, -0.25) is 0 Å². The maximum absolute atomic E-state index is 12.7. The summed E-state index contributed by atoms with van der Waals surface area (Å²) in [6.07, 6.45) is 0.712. The number of rotatable bonds is 3. The van der Waals surface area contributed by atoms with Crippen LogP contribution in [0.2, 0.25) is 10.0 Å². The van der Waals surface area contributed by atoms with Crippen molar-refractivity contribution in [2.75, 3.05) is 6.54 Å². The summed E-state index contributed by atoms with van der Waals surface area (Å²) in [6.45, 7) is 3.23. The molecular formula is C14H10Cl3F2N. The van der Waals surface area contributed by atoms with Gasteiger partial charge in [0, 0.05) is 10.6 Å². The molecule has 0 aliphatic carbocycles. The molecule has 0 saturated heterocycles. The van der Waals surface area contributed by atoms with E-state index >= 15 is 0 Å². The Morgan fingerprint density at radius 2 is 1.85 bits per heavy atom. The zero-order valence-corrected chi connectivity index (χ0v) is 12.5. The monoisotopic (exact) mass is 335 g/mol. The number of hydrogen-bond acceptors (Lipinski definition) is 1. The first-order chi connectivity index (χ1) is 9.40. The summed E-state index contributed by atoms with van der Waals surface area (Å²) in [5, 5.41) is 1.17. The summed E-state index contributed by atoms with van der Waals surface area (Å²) in [7, 11) is 0. The number of hydrogen-bond donors (Lipinski definition) is 0. The Balaban J connectivity index is 2.48. The fourth-order valence-corrected chi connectivity index (χ4v) is 2.56. The summed E-state index contributed by atoms with van der Waals surface area (Å²) in [6, 6.07) is 4.88. The second-order valence-electron chi connectivity index (χ2n) is 4.14. The van der Waals surface area contributed by atoms with Crippen molar-refractivity contribution in [2.24, 2.45) is 0 Å². The lowest BCUT2D eigenvalue weighted by molar-refractivity contribution is 0.123. The smallest absolute Gasteiger partial charge is 0.256 e. The van der Waals surface area contributed by atoms with Gasteiger partial charge < -0.3 is 4.90 Å². The van der Waals surface area contributed by atoms with Gasteiger partial charge in [-0.15, -0.1) is 0 Å². The molecule has 0 unspecified atom stereocenters. The van der Waals surface area contributed by atoms with Gasteiger partial charge in [-0.05, 0) is 30.4 Å². The van der Waals surface area contributed by atoms with Crippen LogP contribution < -0.4 is 0 Å². The van der Waals surface area contributed by atoms with Crippen molar-refractivity contribution < 1.29 is 8.78 Å². The van der Waals surface area contributed by atoms with Crippen LogP contribution in [-0.4, -0.2) is 17.9 Å². The van der Waals surface area contributed by atoms with Crippen LogP contribution >= 0.6 is 34.8 Å². The Morgan fingerprint density at radius 3 is 2.45 bits per heavy atom. The van der Waals surface area contributed by atoms with Crippen LogP contribution in [0.4, 0.5) is 8.78 Å². The van der Waals surface area contributed by atoms with Crippen LogP contribution in [0.15, 0.2) is 47.7 Å². The summed E-state index contributed by atoms with van der Waals surface area (Å²) >= 11 is 17.9. The third kappa shape index (κ3) is 3.17. The molecule has 0 fully saturated rings. The van der Waals surface area contributed by atoms with E-state index in [0.717, 1.165) is 0 Å². The summed E-state index contributed by atoms with van der Waals surface area (Å²) < 4.78 is 25.5. The standard InChI is InChI=1S/C14H10Cl3F2N/c1-8-11(16)4-5-13(20(8)7-14(18)19)10-3-2-9(15)6-12(10)17/h2-6,14H,1,7H2. The van der Waals surface area contributed by atoms with Crippen LogP contribution in [0, 0.1) is 0 Å². The number of alkyl halides is 2. The van der Waals surface area contributed by atoms with Crippen LogP contribution in [0.1, 0.15) is 5.56 Å². The highest BCUT2D eigenvalue weighted by Gasteiger charge is 2.24. The first kappa shape index (κ1) is 15.4. The van der Waals surface area contributed by atoms with Crippen molar-refractivity contribution in [1.29, 1.82) is 0 Å². The lowest BCUT2D eigenvalue weighted by atomic mass is 10.1. The van der Waals surface area contributed by atoms with Crippen molar-refractivity contribution in [1.82, 2.24) is 4.90 Å². The van der Waals surface area contributed by atoms with Crippen molar-refractivity contribution >= 4 is 40.5 Å². The van der Waals surface area contributed by atoms with Gasteiger partial charge in [0.2, 0.25) is 0 Å². The number of benzene rings is 1. The number of allylic oxidation sites excluding steroid dienone is 3. The van der Waals surface area contributed by atoms with E-state index in [1.54, 1.807) is 30.4 Å². The van der Waals surface area contributed by atoms with Gasteiger partial charge in [-0.2, -0.15) is 0 Å². The molecule has 6 heteroatoms. The van der Waals surface area contributed by atoms with Crippen LogP contribution in [0.5, 0.6) is 0 Å². The lowest BCUT2D eigenvalue weighted by Gasteiger charge is -2.31. The quantitative estimate of drug-likeness (QED) is 0.699. The van der Waals surface area contributed by atoms with E-state index in [-0.39, 0.29) is 0 Å². The molecule has 1 aliphatic rings. The van der Waals surface area contributed by atoms with E-state index in [0.29, 0.717) is 32.0 Å². The molecule has 1 aromatic carbocycles. The molecule has 20 heavy (non-hydrogen) atoms. The highest BCUT2D eigenvalue weighted by molar-refractivity contribution is 6.36. The predicted octanol–water partition coefficient (Wildman–Crippen LogP) is 5.55. The highest BCUT2D eigenvalue weighted by atomic mass is 35.5. The van der Waals surface area contributed by atoms with Crippen LogP contribution in [0.3, 0.4) is 0 Å². The second-order valence-corrected chi connectivity index (χ2v) is 5.39. The van der Waals surface area contributed by atoms with Gasteiger partial charge in [0.1, 0.15) is 0 Å². The van der Waals surface area contributed by atoms with Gasteiger partial charge in [0.15, 0.2) is 0 Å². The summed E-state index contributed by atoms with van der Waals surface area (Å²) in [5.74, 6) is 0. The van der Waals surface area contributed by atoms with E-state index in [2.05, 4.69) is 6.58 Å². The largest absolute Gasteiger partial charge is 0.334 e. The van der Waals surface area contributed by atoms with Gasteiger partial charge in [-0.1, -0.05) is 41.4 Å². The zero-order valence-electron chi connectivity index (χ0n) is 10.2. The molecule has 0 aromatic heterocycles. The van der Waals surface area contributed by atoms with Gasteiger partial charge in [0.05, 0.1) is 28.0 Å². The van der Waals surface area contributed by atoms with Crippen molar-refractivity contribution in [2.45, 2.75) is 6.43 Å². The number of nitrogens with zero attached hydrogens (tertiary/aromatic N) is 1. The number of halogens is 5. The Bertz CT molecular complexity index is 608. The van der Waals surface area contributed by atoms with Crippen LogP contribution in [-0.2, 0) is 0 Å². The van der Waals surface area contributed by atoms with E-state index in [4.69, 9.17) is 34.8 Å². The second kappa shape index (κ2) is 6.17. The fourth-order valence-electron chi connectivity index (χ4n) is 1.89. The molecular weight excluding hydrogens is 327 g/mol. The van der Waals surface area contributed by atoms with E-state index in [1.165, 1.54) is 4.90 Å². The van der Waals surface area contributed by atoms with Crippen LogP contribution in [0.25, 0.3) is 5.70 Å². The third-order valence-corrected chi connectivity index (χ3v) is 3.70. The normalized spacial score (nSPS) is 15.5. The fraction of sp³-hybridized carbons (Fsp3) is 0.143. The molecule has 0 spiro atoms. The molecule has 1 aromatic rings. The van der Waals surface area contributed by atoms with Crippen molar-refractivity contribution in [3.63, 3.8) is 0 Å². The first-order valence-corrected chi connectivity index (χ1v) is 6.81. The van der Waals surface area contributed by atoms with E-state index in [9.17, 15) is 8.78 Å². The zero-order chi connectivity index (χ0) is 14.9. The minimum absolute atomic E-state index is 0.315. The van der Waals surface area contributed by atoms with Gasteiger partial charge >= 0.3 is 0 Å². The molecule has 0 saturated carbocycles. The average Bonchev–Trinajstić information content (AvgIpc) is 2.36. The summed E-state index contributed by atoms with van der Waals surface area (Å²) in [5.41, 5.74) is 1.43. The topological polar surface area (TPSA) is 3.24 Å². The lowest BCUT2D eigenvalue weighted by Crippen LogP contribution is -2.28. The maximum atomic E-state index is 12.7. The molecule has 1 aliphatic heterocycles. The van der Waals surface area contributed by atoms with E-state index < -0.39 is 13.0 Å². The van der Waals surface area contributed by atoms with Gasteiger partial charge in [0.25, 0.3) is 6.43 Å². The minimum Gasteiger partial charge on any atom is -0.334 e. The molecule has 0 N–H and O–H groups in total. The van der Waals surface area contributed by atoms with Crippen molar-refractivity contribution in [3.8, 4) is 0 Å². The Kier molecular flexibility index (Phi) is 4.74. The first-order valence-electron chi connectivity index (χ1n) is 5.68. The maximum Gasteiger partial charge on any atom is 0.256 e.